The lowest BCUT2D eigenvalue weighted by atomic mass is 9.76. The number of piperidine rings is 1. The normalized spacial score (nSPS) is 23.2. The first-order valence-electron chi connectivity index (χ1n) is 8.46. The summed E-state index contributed by atoms with van der Waals surface area (Å²) < 4.78 is 0. The van der Waals surface area contributed by atoms with E-state index in [1.165, 1.54) is 11.8 Å². The number of benzene rings is 1. The zero-order chi connectivity index (χ0) is 18.2. The fourth-order valence-corrected chi connectivity index (χ4v) is 4.43. The van der Waals surface area contributed by atoms with Gasteiger partial charge in [0.15, 0.2) is 0 Å². The highest BCUT2D eigenvalue weighted by Gasteiger charge is 2.49. The van der Waals surface area contributed by atoms with Crippen molar-refractivity contribution in [1.29, 1.82) is 0 Å². The Morgan fingerprint density at radius 3 is 2.52 bits per heavy atom. The van der Waals surface area contributed by atoms with E-state index < -0.39 is 12.0 Å². The molecule has 3 rings (SSSR count). The zero-order valence-corrected chi connectivity index (χ0v) is 15.7. The molecule has 25 heavy (non-hydrogen) atoms. The number of amides is 1. The van der Waals surface area contributed by atoms with Crippen LogP contribution in [0.15, 0.2) is 18.2 Å². The third kappa shape index (κ3) is 3.94. The third-order valence-electron chi connectivity index (χ3n) is 5.52. The Morgan fingerprint density at radius 2 is 1.96 bits per heavy atom. The third-order valence-corrected chi connectivity index (χ3v) is 6.12. The summed E-state index contributed by atoms with van der Waals surface area (Å²) in [5.74, 6) is -1.06. The molecule has 0 bridgehead atoms. The lowest BCUT2D eigenvalue weighted by Crippen LogP contribution is -2.42. The van der Waals surface area contributed by atoms with E-state index in [1.807, 2.05) is 12.1 Å². The number of nitrogens with zero attached hydrogens (tertiary/aromatic N) is 2. The molecule has 5 nitrogen and oxygen atoms in total. The van der Waals surface area contributed by atoms with Crippen LogP contribution in [0.2, 0.25) is 10.0 Å². The molecular weight excluding hydrogens is 363 g/mol. The quantitative estimate of drug-likeness (QED) is 0.868. The van der Waals surface area contributed by atoms with Gasteiger partial charge in [0.25, 0.3) is 0 Å². The summed E-state index contributed by atoms with van der Waals surface area (Å²) in [6.07, 6.45) is 2.32. The maximum absolute atomic E-state index is 11.8. The smallest absolute Gasteiger partial charge is 0.326 e. The number of carboxylic acid groups (broad SMARTS) is 1. The molecule has 2 aliphatic rings. The molecule has 1 spiro atoms. The predicted octanol–water partition coefficient (Wildman–Crippen LogP) is 3.28. The first-order chi connectivity index (χ1) is 11.8. The molecule has 1 N–H and O–H groups in total. The summed E-state index contributed by atoms with van der Waals surface area (Å²) in [5, 5.41) is 10.8. The molecule has 2 aliphatic heterocycles. The van der Waals surface area contributed by atoms with Crippen LogP contribution in [-0.4, -0.2) is 52.5 Å². The van der Waals surface area contributed by atoms with E-state index in [2.05, 4.69) is 4.90 Å². The zero-order valence-electron chi connectivity index (χ0n) is 14.2. The van der Waals surface area contributed by atoms with Gasteiger partial charge in [-0.1, -0.05) is 23.2 Å². The van der Waals surface area contributed by atoms with E-state index in [-0.39, 0.29) is 11.3 Å². The molecule has 0 aromatic heterocycles. The summed E-state index contributed by atoms with van der Waals surface area (Å²) in [4.78, 5) is 27.1. The highest BCUT2D eigenvalue weighted by atomic mass is 35.5. The van der Waals surface area contributed by atoms with Gasteiger partial charge in [0.1, 0.15) is 6.04 Å². The van der Waals surface area contributed by atoms with Crippen LogP contribution in [0.25, 0.3) is 0 Å². The summed E-state index contributed by atoms with van der Waals surface area (Å²) in [5.41, 5.74) is 0.925. The van der Waals surface area contributed by atoms with Crippen LogP contribution < -0.4 is 0 Å². The SMILES string of the molecule is CC(=O)N1CC2(CCN(Cc3cc(Cl)ccc3Cl)CC2)C[C@H]1C(=O)O. The number of hydrogen-bond donors (Lipinski definition) is 1. The van der Waals surface area contributed by atoms with Crippen molar-refractivity contribution < 1.29 is 14.7 Å². The summed E-state index contributed by atoms with van der Waals surface area (Å²) >= 11 is 12.3. The van der Waals surface area contributed by atoms with Gasteiger partial charge in [-0.25, -0.2) is 4.79 Å². The number of halogens is 2. The summed E-state index contributed by atoms with van der Waals surface area (Å²) in [7, 11) is 0. The summed E-state index contributed by atoms with van der Waals surface area (Å²) in [6.45, 7) is 4.45. The van der Waals surface area contributed by atoms with Gasteiger partial charge >= 0.3 is 5.97 Å². The monoisotopic (exact) mass is 384 g/mol. The minimum absolute atomic E-state index is 0.0800. The fraction of sp³-hybridized carbons (Fsp3) is 0.556. The van der Waals surface area contributed by atoms with Gasteiger partial charge in [-0.15, -0.1) is 0 Å². The minimum Gasteiger partial charge on any atom is -0.480 e. The van der Waals surface area contributed by atoms with Crippen LogP contribution in [-0.2, 0) is 16.1 Å². The van der Waals surface area contributed by atoms with Crippen molar-refractivity contribution in [3.63, 3.8) is 0 Å². The minimum atomic E-state index is -0.903. The molecular formula is C18H22Cl2N2O3. The van der Waals surface area contributed by atoms with E-state index in [0.717, 1.165) is 38.0 Å². The van der Waals surface area contributed by atoms with Crippen molar-refractivity contribution in [1.82, 2.24) is 9.80 Å². The average Bonchev–Trinajstić information content (AvgIpc) is 2.93. The van der Waals surface area contributed by atoms with Crippen LogP contribution in [0.4, 0.5) is 0 Å². The van der Waals surface area contributed by atoms with E-state index in [1.54, 1.807) is 6.07 Å². The topological polar surface area (TPSA) is 60.9 Å². The van der Waals surface area contributed by atoms with Gasteiger partial charge in [-0.05, 0) is 61.5 Å². The number of carboxylic acids is 1. The number of aliphatic carboxylic acids is 1. The number of carbonyl (C=O) groups is 2. The number of rotatable bonds is 3. The van der Waals surface area contributed by atoms with Gasteiger partial charge in [-0.3, -0.25) is 9.69 Å². The fourth-order valence-electron chi connectivity index (χ4n) is 4.06. The maximum Gasteiger partial charge on any atom is 0.326 e. The second-order valence-corrected chi connectivity index (χ2v) is 8.06. The van der Waals surface area contributed by atoms with Crippen LogP contribution in [0.3, 0.4) is 0 Å². The van der Waals surface area contributed by atoms with Crippen molar-refractivity contribution in [3.8, 4) is 0 Å². The van der Waals surface area contributed by atoms with Gasteiger partial charge in [-0.2, -0.15) is 0 Å². The van der Waals surface area contributed by atoms with Crippen LogP contribution >= 0.6 is 23.2 Å². The highest BCUT2D eigenvalue weighted by Crippen LogP contribution is 2.43. The van der Waals surface area contributed by atoms with E-state index in [4.69, 9.17) is 23.2 Å². The van der Waals surface area contributed by atoms with E-state index in [0.29, 0.717) is 23.0 Å². The lowest BCUT2D eigenvalue weighted by Gasteiger charge is -2.39. The second-order valence-electron chi connectivity index (χ2n) is 7.22. The van der Waals surface area contributed by atoms with Gasteiger partial charge < -0.3 is 10.0 Å². The van der Waals surface area contributed by atoms with Crippen LogP contribution in [0.5, 0.6) is 0 Å². The number of hydrogen-bond acceptors (Lipinski definition) is 3. The maximum atomic E-state index is 11.8. The van der Waals surface area contributed by atoms with E-state index >= 15 is 0 Å². The van der Waals surface area contributed by atoms with Crippen molar-refractivity contribution in [2.75, 3.05) is 19.6 Å². The molecule has 0 unspecified atom stereocenters. The molecule has 0 aliphatic carbocycles. The Hall–Kier alpha value is -1.30. The summed E-state index contributed by atoms with van der Waals surface area (Å²) in [6, 6.07) is 4.79. The van der Waals surface area contributed by atoms with Crippen LogP contribution in [0.1, 0.15) is 31.7 Å². The van der Waals surface area contributed by atoms with Gasteiger partial charge in [0.05, 0.1) is 0 Å². The molecule has 0 radical (unpaired) electrons. The molecule has 2 fully saturated rings. The predicted molar refractivity (Wildman–Crippen MR) is 96.8 cm³/mol. The molecule has 7 heteroatoms. The van der Waals surface area contributed by atoms with E-state index in [9.17, 15) is 14.7 Å². The standard InChI is InChI=1S/C18H22Cl2N2O3/c1-12(23)22-11-18(9-16(22)17(24)25)4-6-21(7-5-18)10-13-8-14(19)2-3-15(13)20/h2-3,8,16H,4-7,9-11H2,1H3,(H,24,25)/t16-/m0/s1. The molecule has 1 aromatic carbocycles. The van der Waals surface area contributed by atoms with Crippen LogP contribution in [0, 0.1) is 5.41 Å². The van der Waals surface area contributed by atoms with Crippen molar-refractivity contribution >= 4 is 35.1 Å². The van der Waals surface area contributed by atoms with Crippen molar-refractivity contribution in [2.24, 2.45) is 5.41 Å². The lowest BCUT2D eigenvalue weighted by molar-refractivity contribution is -0.147. The second kappa shape index (κ2) is 7.14. The number of likely N-dealkylation sites (tertiary alicyclic amines) is 2. The Labute approximate surface area is 157 Å². The molecule has 1 aromatic rings. The molecule has 1 atom stereocenters. The first-order valence-corrected chi connectivity index (χ1v) is 9.22. The Morgan fingerprint density at radius 1 is 1.28 bits per heavy atom. The van der Waals surface area contributed by atoms with Gasteiger partial charge in [0.2, 0.25) is 5.91 Å². The highest BCUT2D eigenvalue weighted by molar-refractivity contribution is 6.33. The molecule has 1 amide bonds. The number of carbonyl (C=O) groups excluding carboxylic acids is 1. The van der Waals surface area contributed by atoms with Crippen molar-refractivity contribution in [2.45, 2.75) is 38.8 Å². The van der Waals surface area contributed by atoms with Gasteiger partial charge in [0, 0.05) is 30.1 Å². The largest absolute Gasteiger partial charge is 0.480 e. The Bertz CT molecular complexity index is 663. The van der Waals surface area contributed by atoms with Crippen molar-refractivity contribution in [3.05, 3.63) is 33.8 Å². The molecule has 136 valence electrons. The first kappa shape index (κ1) is 18.5. The molecule has 2 saturated heterocycles. The molecule has 0 saturated carbocycles. The molecule has 2 heterocycles. The Kier molecular flexibility index (Phi) is 5.28. The Balaban J connectivity index is 1.64. The average molecular weight is 385 g/mol.